The van der Waals surface area contributed by atoms with E-state index < -0.39 is 6.10 Å². The molecule has 21 heavy (non-hydrogen) atoms. The Kier molecular flexibility index (Phi) is 7.83. The highest BCUT2D eigenvalue weighted by atomic mass is 16.6. The Labute approximate surface area is 127 Å². The molecule has 1 rings (SSSR count). The zero-order chi connectivity index (χ0) is 15.7. The molecule has 0 spiro atoms. The summed E-state index contributed by atoms with van der Waals surface area (Å²) in [7, 11) is 0. The van der Waals surface area contributed by atoms with Gasteiger partial charge >= 0.3 is 5.97 Å². The van der Waals surface area contributed by atoms with E-state index in [1.54, 1.807) is 6.92 Å². The summed E-state index contributed by atoms with van der Waals surface area (Å²) in [5, 5.41) is 3.39. The molecule has 0 aliphatic carbocycles. The molecule has 1 aromatic carbocycles. The largest absolute Gasteiger partial charge is 0.479 e. The summed E-state index contributed by atoms with van der Waals surface area (Å²) in [6.45, 7) is 10.3. The topological polar surface area (TPSA) is 47.6 Å². The van der Waals surface area contributed by atoms with E-state index in [0.717, 1.165) is 13.1 Å². The quantitative estimate of drug-likeness (QED) is 0.711. The van der Waals surface area contributed by atoms with Crippen molar-refractivity contribution in [1.82, 2.24) is 5.32 Å². The fraction of sp³-hybridized carbons (Fsp3) is 0.588. The minimum Gasteiger partial charge on any atom is -0.479 e. The standard InChI is InChI=1S/C17H27NO3/c1-5-16(17(19)20-6-2)21-15-9-7-14(8-10-15)12-18-11-13(3)4/h7-10,13,16,18H,5-6,11-12H2,1-4H3. The summed E-state index contributed by atoms with van der Waals surface area (Å²) < 4.78 is 10.7. The first-order valence-electron chi connectivity index (χ1n) is 7.69. The van der Waals surface area contributed by atoms with Gasteiger partial charge < -0.3 is 14.8 Å². The van der Waals surface area contributed by atoms with E-state index in [4.69, 9.17) is 9.47 Å². The first-order chi connectivity index (χ1) is 10.1. The third-order valence-electron chi connectivity index (χ3n) is 3.00. The molecule has 0 aliphatic rings. The van der Waals surface area contributed by atoms with Crippen LogP contribution in [-0.4, -0.2) is 25.2 Å². The van der Waals surface area contributed by atoms with Gasteiger partial charge in [0, 0.05) is 6.54 Å². The van der Waals surface area contributed by atoms with E-state index in [1.807, 2.05) is 31.2 Å². The van der Waals surface area contributed by atoms with Gasteiger partial charge in [-0.2, -0.15) is 0 Å². The molecular formula is C17H27NO3. The number of carbonyl (C=O) groups is 1. The lowest BCUT2D eigenvalue weighted by atomic mass is 10.2. The number of rotatable bonds is 9. The molecule has 4 heteroatoms. The van der Waals surface area contributed by atoms with Crippen LogP contribution in [0.4, 0.5) is 0 Å². The number of benzene rings is 1. The molecule has 0 amide bonds. The zero-order valence-electron chi connectivity index (χ0n) is 13.5. The molecule has 0 saturated carbocycles. The molecule has 1 N–H and O–H groups in total. The molecule has 0 radical (unpaired) electrons. The fourth-order valence-electron chi connectivity index (χ4n) is 1.89. The predicted octanol–water partition coefficient (Wildman–Crippen LogP) is 3.15. The van der Waals surface area contributed by atoms with Crippen molar-refractivity contribution in [3.8, 4) is 5.75 Å². The van der Waals surface area contributed by atoms with Crippen molar-refractivity contribution < 1.29 is 14.3 Å². The number of esters is 1. The van der Waals surface area contributed by atoms with E-state index in [0.29, 0.717) is 24.7 Å². The second-order valence-electron chi connectivity index (χ2n) is 5.44. The van der Waals surface area contributed by atoms with Gasteiger partial charge in [-0.05, 0) is 43.5 Å². The van der Waals surface area contributed by atoms with Crippen LogP contribution in [0.15, 0.2) is 24.3 Å². The molecule has 0 heterocycles. The summed E-state index contributed by atoms with van der Waals surface area (Å²) >= 11 is 0. The van der Waals surface area contributed by atoms with Crippen LogP contribution in [-0.2, 0) is 16.1 Å². The van der Waals surface area contributed by atoms with Gasteiger partial charge in [-0.15, -0.1) is 0 Å². The van der Waals surface area contributed by atoms with Crippen LogP contribution >= 0.6 is 0 Å². The van der Waals surface area contributed by atoms with Gasteiger partial charge in [0.15, 0.2) is 6.10 Å². The van der Waals surface area contributed by atoms with E-state index >= 15 is 0 Å². The summed E-state index contributed by atoms with van der Waals surface area (Å²) in [6.07, 6.45) is 0.0612. The van der Waals surface area contributed by atoms with Crippen LogP contribution < -0.4 is 10.1 Å². The SMILES string of the molecule is CCOC(=O)C(CC)Oc1ccc(CNCC(C)C)cc1. The molecule has 0 aromatic heterocycles. The Morgan fingerprint density at radius 2 is 1.86 bits per heavy atom. The Balaban J connectivity index is 2.51. The van der Waals surface area contributed by atoms with E-state index in [1.165, 1.54) is 5.56 Å². The van der Waals surface area contributed by atoms with Crippen LogP contribution in [0.1, 0.15) is 39.7 Å². The summed E-state index contributed by atoms with van der Waals surface area (Å²) in [5.74, 6) is 1.03. The molecule has 4 nitrogen and oxygen atoms in total. The van der Waals surface area contributed by atoms with Crippen molar-refractivity contribution in [2.45, 2.75) is 46.8 Å². The number of hydrogen-bond acceptors (Lipinski definition) is 4. The Bertz CT molecular complexity index is 415. The molecular weight excluding hydrogens is 266 g/mol. The van der Waals surface area contributed by atoms with Gasteiger partial charge in [0.2, 0.25) is 0 Å². The van der Waals surface area contributed by atoms with Crippen LogP contribution in [0.25, 0.3) is 0 Å². The van der Waals surface area contributed by atoms with Crippen molar-refractivity contribution in [1.29, 1.82) is 0 Å². The van der Waals surface area contributed by atoms with Gasteiger partial charge in [0.25, 0.3) is 0 Å². The van der Waals surface area contributed by atoms with Crippen LogP contribution in [0.5, 0.6) is 5.75 Å². The van der Waals surface area contributed by atoms with Crippen molar-refractivity contribution in [2.24, 2.45) is 5.92 Å². The first kappa shape index (κ1) is 17.5. The summed E-state index contributed by atoms with van der Waals surface area (Å²) in [5.41, 5.74) is 1.20. The lowest BCUT2D eigenvalue weighted by Crippen LogP contribution is -2.28. The lowest BCUT2D eigenvalue weighted by molar-refractivity contribution is -0.151. The molecule has 0 fully saturated rings. The maximum atomic E-state index is 11.7. The van der Waals surface area contributed by atoms with E-state index in [2.05, 4.69) is 19.2 Å². The van der Waals surface area contributed by atoms with Crippen molar-refractivity contribution in [3.05, 3.63) is 29.8 Å². The smallest absolute Gasteiger partial charge is 0.347 e. The summed E-state index contributed by atoms with van der Waals surface area (Å²) in [6, 6.07) is 7.82. The summed E-state index contributed by atoms with van der Waals surface area (Å²) in [4.78, 5) is 11.7. The van der Waals surface area contributed by atoms with Gasteiger partial charge in [-0.3, -0.25) is 0 Å². The van der Waals surface area contributed by atoms with Crippen molar-refractivity contribution in [2.75, 3.05) is 13.2 Å². The number of ether oxygens (including phenoxy) is 2. The Morgan fingerprint density at radius 1 is 1.19 bits per heavy atom. The van der Waals surface area contributed by atoms with Gasteiger partial charge in [0.1, 0.15) is 5.75 Å². The molecule has 0 bridgehead atoms. The maximum Gasteiger partial charge on any atom is 0.347 e. The second kappa shape index (κ2) is 9.40. The lowest BCUT2D eigenvalue weighted by Gasteiger charge is -2.16. The number of hydrogen-bond donors (Lipinski definition) is 1. The predicted molar refractivity (Wildman–Crippen MR) is 84.3 cm³/mol. The zero-order valence-corrected chi connectivity index (χ0v) is 13.5. The number of carbonyl (C=O) groups excluding carboxylic acids is 1. The highest BCUT2D eigenvalue weighted by Crippen LogP contribution is 2.15. The van der Waals surface area contributed by atoms with Crippen LogP contribution in [0, 0.1) is 5.92 Å². The average Bonchev–Trinajstić information content (AvgIpc) is 2.46. The minimum absolute atomic E-state index is 0.303. The van der Waals surface area contributed by atoms with Crippen molar-refractivity contribution >= 4 is 5.97 Å². The van der Waals surface area contributed by atoms with Gasteiger partial charge in [-0.1, -0.05) is 32.9 Å². The fourth-order valence-corrected chi connectivity index (χ4v) is 1.89. The highest BCUT2D eigenvalue weighted by molar-refractivity contribution is 5.75. The van der Waals surface area contributed by atoms with Gasteiger partial charge in [0.05, 0.1) is 6.61 Å². The van der Waals surface area contributed by atoms with Crippen LogP contribution in [0.2, 0.25) is 0 Å². The minimum atomic E-state index is -0.533. The first-order valence-corrected chi connectivity index (χ1v) is 7.69. The molecule has 1 aromatic rings. The van der Waals surface area contributed by atoms with E-state index in [-0.39, 0.29) is 5.97 Å². The molecule has 118 valence electrons. The molecule has 1 atom stereocenters. The molecule has 0 saturated heterocycles. The van der Waals surface area contributed by atoms with Crippen molar-refractivity contribution in [3.63, 3.8) is 0 Å². The molecule has 0 aliphatic heterocycles. The third kappa shape index (κ3) is 6.63. The monoisotopic (exact) mass is 293 g/mol. The Hall–Kier alpha value is -1.55. The Morgan fingerprint density at radius 3 is 2.38 bits per heavy atom. The normalized spacial score (nSPS) is 12.2. The maximum absolute atomic E-state index is 11.7. The third-order valence-corrected chi connectivity index (χ3v) is 3.00. The van der Waals surface area contributed by atoms with Crippen LogP contribution in [0.3, 0.4) is 0 Å². The highest BCUT2D eigenvalue weighted by Gasteiger charge is 2.19. The second-order valence-corrected chi connectivity index (χ2v) is 5.44. The average molecular weight is 293 g/mol. The van der Waals surface area contributed by atoms with Gasteiger partial charge in [-0.25, -0.2) is 4.79 Å². The van der Waals surface area contributed by atoms with E-state index in [9.17, 15) is 4.79 Å². The number of nitrogens with one attached hydrogen (secondary N) is 1. The molecule has 1 unspecified atom stereocenters.